The molecule has 1 fully saturated rings. The lowest BCUT2D eigenvalue weighted by atomic mass is 10.2. The molecule has 26 heavy (non-hydrogen) atoms. The van der Waals surface area contributed by atoms with Gasteiger partial charge in [-0.15, -0.1) is 10.2 Å². The zero-order chi connectivity index (χ0) is 18.7. The van der Waals surface area contributed by atoms with Crippen molar-refractivity contribution in [1.82, 2.24) is 15.1 Å². The molecule has 7 nitrogen and oxygen atoms in total. The summed E-state index contributed by atoms with van der Waals surface area (Å²) in [4.78, 5) is 13.9. The SMILES string of the molecule is CN(C(=O)c1ccc(NCc2ccc(Cl)cc2)nn1)C1CCS(=O)(=O)C1. The summed E-state index contributed by atoms with van der Waals surface area (Å²) in [7, 11) is -1.45. The minimum absolute atomic E-state index is 0.00337. The van der Waals surface area contributed by atoms with Gasteiger partial charge in [0.05, 0.1) is 11.5 Å². The quantitative estimate of drug-likeness (QED) is 0.833. The van der Waals surface area contributed by atoms with Gasteiger partial charge in [-0.2, -0.15) is 0 Å². The van der Waals surface area contributed by atoms with E-state index in [9.17, 15) is 13.2 Å². The van der Waals surface area contributed by atoms with Crippen LogP contribution in [0.2, 0.25) is 5.02 Å². The lowest BCUT2D eigenvalue weighted by molar-refractivity contribution is 0.0740. The van der Waals surface area contributed by atoms with E-state index >= 15 is 0 Å². The smallest absolute Gasteiger partial charge is 0.274 e. The van der Waals surface area contributed by atoms with Crippen molar-refractivity contribution in [3.05, 3.63) is 52.7 Å². The van der Waals surface area contributed by atoms with Crippen molar-refractivity contribution >= 4 is 33.2 Å². The average molecular weight is 395 g/mol. The maximum Gasteiger partial charge on any atom is 0.274 e. The molecule has 2 aromatic rings. The van der Waals surface area contributed by atoms with Gasteiger partial charge in [0.15, 0.2) is 15.5 Å². The topological polar surface area (TPSA) is 92.3 Å². The number of hydrogen-bond acceptors (Lipinski definition) is 6. The molecule has 1 aromatic heterocycles. The van der Waals surface area contributed by atoms with E-state index in [4.69, 9.17) is 11.6 Å². The first kappa shape index (κ1) is 18.6. The molecule has 1 N–H and O–H groups in total. The molecule has 1 aromatic carbocycles. The van der Waals surface area contributed by atoms with Crippen LogP contribution in [0, 0.1) is 0 Å². The molecule has 0 radical (unpaired) electrons. The number of amides is 1. The second kappa shape index (κ2) is 7.59. The molecule has 138 valence electrons. The maximum absolute atomic E-state index is 12.5. The first-order valence-electron chi connectivity index (χ1n) is 8.14. The Balaban J connectivity index is 1.59. The number of carbonyl (C=O) groups excluding carboxylic acids is 1. The fourth-order valence-corrected chi connectivity index (χ4v) is 4.66. The van der Waals surface area contributed by atoms with E-state index in [0.29, 0.717) is 23.8 Å². The second-order valence-electron chi connectivity index (χ2n) is 6.26. The van der Waals surface area contributed by atoms with Crippen LogP contribution in [0.5, 0.6) is 0 Å². The monoisotopic (exact) mass is 394 g/mol. The summed E-state index contributed by atoms with van der Waals surface area (Å²) in [5, 5.41) is 11.8. The van der Waals surface area contributed by atoms with Crippen LogP contribution >= 0.6 is 11.6 Å². The predicted octanol–water partition coefficient (Wildman–Crippen LogP) is 2.00. The van der Waals surface area contributed by atoms with Gasteiger partial charge < -0.3 is 10.2 Å². The molecule has 1 saturated heterocycles. The number of carbonyl (C=O) groups is 1. The number of nitrogens with zero attached hydrogens (tertiary/aromatic N) is 3. The van der Waals surface area contributed by atoms with Crippen LogP contribution in [-0.2, 0) is 16.4 Å². The summed E-state index contributed by atoms with van der Waals surface area (Å²) >= 11 is 5.85. The largest absolute Gasteiger partial charge is 0.365 e. The Morgan fingerprint density at radius 2 is 1.96 bits per heavy atom. The van der Waals surface area contributed by atoms with Gasteiger partial charge in [0, 0.05) is 24.7 Å². The van der Waals surface area contributed by atoms with Crippen molar-refractivity contribution in [3.8, 4) is 0 Å². The van der Waals surface area contributed by atoms with Gasteiger partial charge in [0.2, 0.25) is 0 Å². The lowest BCUT2D eigenvalue weighted by Crippen LogP contribution is -2.38. The summed E-state index contributed by atoms with van der Waals surface area (Å²) in [6.45, 7) is 0.555. The van der Waals surface area contributed by atoms with E-state index < -0.39 is 9.84 Å². The molecule has 1 aliphatic rings. The van der Waals surface area contributed by atoms with Gasteiger partial charge >= 0.3 is 0 Å². The van der Waals surface area contributed by atoms with Crippen molar-refractivity contribution in [2.45, 2.75) is 19.0 Å². The number of anilines is 1. The molecule has 2 heterocycles. The first-order chi connectivity index (χ1) is 12.3. The first-order valence-corrected chi connectivity index (χ1v) is 10.3. The number of halogens is 1. The molecule has 0 spiro atoms. The molecule has 1 atom stereocenters. The lowest BCUT2D eigenvalue weighted by Gasteiger charge is -2.22. The highest BCUT2D eigenvalue weighted by molar-refractivity contribution is 7.91. The number of aromatic nitrogens is 2. The summed E-state index contributed by atoms with van der Waals surface area (Å²) in [5.74, 6) is 0.337. The third kappa shape index (κ3) is 4.50. The van der Waals surface area contributed by atoms with Crippen LogP contribution in [0.1, 0.15) is 22.5 Å². The fraction of sp³-hybridized carbons (Fsp3) is 0.353. The van der Waals surface area contributed by atoms with E-state index in [1.54, 1.807) is 19.2 Å². The Morgan fingerprint density at radius 3 is 2.54 bits per heavy atom. The molecule has 0 aliphatic carbocycles. The Morgan fingerprint density at radius 1 is 1.23 bits per heavy atom. The van der Waals surface area contributed by atoms with Gasteiger partial charge in [-0.05, 0) is 36.2 Å². The third-order valence-corrected chi connectivity index (χ3v) is 6.35. The molecule has 1 unspecified atom stereocenters. The van der Waals surface area contributed by atoms with Crippen molar-refractivity contribution in [3.63, 3.8) is 0 Å². The Bertz CT molecular complexity index is 885. The van der Waals surface area contributed by atoms with Gasteiger partial charge in [0.1, 0.15) is 5.82 Å². The zero-order valence-electron chi connectivity index (χ0n) is 14.2. The average Bonchev–Trinajstić information content (AvgIpc) is 3.00. The highest BCUT2D eigenvalue weighted by Crippen LogP contribution is 2.18. The minimum atomic E-state index is -3.05. The predicted molar refractivity (Wildman–Crippen MR) is 100.0 cm³/mol. The van der Waals surface area contributed by atoms with E-state index in [2.05, 4.69) is 15.5 Å². The highest BCUT2D eigenvalue weighted by Gasteiger charge is 2.33. The van der Waals surface area contributed by atoms with Crippen LogP contribution in [0.15, 0.2) is 36.4 Å². The standard InChI is InChI=1S/C17H19ClN4O3S/c1-22(14-8-9-26(24,25)11-14)17(23)15-6-7-16(21-20-15)19-10-12-2-4-13(18)5-3-12/h2-7,14H,8-11H2,1H3,(H,19,21). The van der Waals surface area contributed by atoms with E-state index in [-0.39, 0.29) is 29.1 Å². The van der Waals surface area contributed by atoms with E-state index in [1.807, 2.05) is 24.3 Å². The van der Waals surface area contributed by atoms with E-state index in [1.165, 1.54) is 4.90 Å². The number of hydrogen-bond donors (Lipinski definition) is 1. The van der Waals surface area contributed by atoms with Crippen LogP contribution in [0.3, 0.4) is 0 Å². The number of rotatable bonds is 5. The molecule has 3 rings (SSSR count). The van der Waals surface area contributed by atoms with Crippen LogP contribution in [0.4, 0.5) is 5.82 Å². The number of nitrogens with one attached hydrogen (secondary N) is 1. The van der Waals surface area contributed by atoms with Crippen LogP contribution in [-0.4, -0.2) is 54.0 Å². The summed E-state index contributed by atoms with van der Waals surface area (Å²) < 4.78 is 23.2. The van der Waals surface area contributed by atoms with Crippen LogP contribution in [0.25, 0.3) is 0 Å². The van der Waals surface area contributed by atoms with Gasteiger partial charge in [0.25, 0.3) is 5.91 Å². The summed E-state index contributed by atoms with van der Waals surface area (Å²) in [5.41, 5.74) is 1.23. The second-order valence-corrected chi connectivity index (χ2v) is 8.92. The molecule has 0 saturated carbocycles. The van der Waals surface area contributed by atoms with Crippen molar-refractivity contribution < 1.29 is 13.2 Å². The van der Waals surface area contributed by atoms with Gasteiger partial charge in [-0.3, -0.25) is 4.79 Å². The van der Waals surface area contributed by atoms with Crippen molar-refractivity contribution in [1.29, 1.82) is 0 Å². The van der Waals surface area contributed by atoms with Gasteiger partial charge in [-0.25, -0.2) is 8.42 Å². The van der Waals surface area contributed by atoms with Crippen molar-refractivity contribution in [2.24, 2.45) is 0 Å². The molecular formula is C17H19ClN4O3S. The Hall–Kier alpha value is -2.19. The third-order valence-electron chi connectivity index (χ3n) is 4.35. The number of sulfone groups is 1. The normalized spacial score (nSPS) is 18.5. The fourth-order valence-electron chi connectivity index (χ4n) is 2.76. The summed E-state index contributed by atoms with van der Waals surface area (Å²) in [6.07, 6.45) is 0.457. The van der Waals surface area contributed by atoms with E-state index in [0.717, 1.165) is 5.56 Å². The maximum atomic E-state index is 12.5. The number of benzene rings is 1. The Kier molecular flexibility index (Phi) is 5.43. The summed E-state index contributed by atoms with van der Waals surface area (Å²) in [6, 6.07) is 10.4. The molecule has 9 heteroatoms. The molecule has 1 aliphatic heterocycles. The van der Waals surface area contributed by atoms with Crippen molar-refractivity contribution in [2.75, 3.05) is 23.9 Å². The van der Waals surface area contributed by atoms with Crippen LogP contribution < -0.4 is 5.32 Å². The molecule has 1 amide bonds. The zero-order valence-corrected chi connectivity index (χ0v) is 15.8. The molecular weight excluding hydrogens is 376 g/mol. The molecule has 0 bridgehead atoms. The minimum Gasteiger partial charge on any atom is -0.365 e. The van der Waals surface area contributed by atoms with Gasteiger partial charge in [-0.1, -0.05) is 23.7 Å². The highest BCUT2D eigenvalue weighted by atomic mass is 35.5. The Labute approximate surface area is 157 Å².